The fourth-order valence-corrected chi connectivity index (χ4v) is 2.27. The maximum Gasteiger partial charge on any atom is 0.0462 e. The highest BCUT2D eigenvalue weighted by Gasteiger charge is 2.10. The molecule has 0 amide bonds. The molecule has 1 aromatic rings. The molecule has 1 aromatic carbocycles. The average Bonchev–Trinajstić information content (AvgIpc) is 2.34. The summed E-state index contributed by atoms with van der Waals surface area (Å²) in [6, 6.07) is 8.66. The molecule has 0 aliphatic heterocycles. The van der Waals surface area contributed by atoms with Gasteiger partial charge in [-0.1, -0.05) is 34.5 Å². The minimum Gasteiger partial charge on any atom is -0.385 e. The quantitative estimate of drug-likeness (QED) is 0.741. The molecule has 0 radical (unpaired) electrons. The van der Waals surface area contributed by atoms with Crippen LogP contribution in [0.4, 0.5) is 0 Å². The molecule has 0 heterocycles. The van der Waals surface area contributed by atoms with Crippen molar-refractivity contribution in [1.82, 2.24) is 5.32 Å². The highest BCUT2D eigenvalue weighted by atomic mass is 79.9. The van der Waals surface area contributed by atoms with Crippen molar-refractivity contribution in [1.29, 1.82) is 0 Å². The van der Waals surface area contributed by atoms with Crippen molar-refractivity contribution < 1.29 is 4.74 Å². The topological polar surface area (TPSA) is 21.3 Å². The maximum atomic E-state index is 5.08. The lowest BCUT2D eigenvalue weighted by Gasteiger charge is -2.17. The van der Waals surface area contributed by atoms with Crippen molar-refractivity contribution >= 4 is 15.9 Å². The van der Waals surface area contributed by atoms with Gasteiger partial charge in [0, 0.05) is 24.7 Å². The van der Waals surface area contributed by atoms with Crippen LogP contribution in [0.3, 0.4) is 0 Å². The molecule has 1 unspecified atom stereocenters. The summed E-state index contributed by atoms with van der Waals surface area (Å²) < 4.78 is 6.23. The van der Waals surface area contributed by atoms with Crippen LogP contribution >= 0.6 is 15.9 Å². The van der Waals surface area contributed by atoms with Crippen LogP contribution in [0.2, 0.25) is 0 Å². The van der Waals surface area contributed by atoms with Gasteiger partial charge in [0.05, 0.1) is 0 Å². The third-order valence-corrected chi connectivity index (χ3v) is 3.47. The molecular formula is C14H22BrNO. The first-order valence-electron chi connectivity index (χ1n) is 6.17. The predicted molar refractivity (Wildman–Crippen MR) is 76.5 cm³/mol. The molecule has 0 fully saturated rings. The van der Waals surface area contributed by atoms with Gasteiger partial charge < -0.3 is 10.1 Å². The van der Waals surface area contributed by atoms with E-state index < -0.39 is 0 Å². The molecule has 2 nitrogen and oxygen atoms in total. The Morgan fingerprint density at radius 3 is 2.53 bits per heavy atom. The Kier molecular flexibility index (Phi) is 7.49. The first kappa shape index (κ1) is 14.7. The Morgan fingerprint density at radius 2 is 1.94 bits per heavy atom. The second-order valence-electron chi connectivity index (χ2n) is 4.29. The van der Waals surface area contributed by atoms with E-state index in [2.05, 4.69) is 45.5 Å². The van der Waals surface area contributed by atoms with Crippen molar-refractivity contribution in [3.05, 3.63) is 34.3 Å². The summed E-state index contributed by atoms with van der Waals surface area (Å²) in [5, 5.41) is 3.28. The summed E-state index contributed by atoms with van der Waals surface area (Å²) in [4.78, 5) is 0. The molecule has 0 aliphatic rings. The third kappa shape index (κ3) is 5.66. The Hall–Kier alpha value is -0.380. The minimum absolute atomic E-state index is 0.602. The van der Waals surface area contributed by atoms with Crippen LogP contribution in [-0.4, -0.2) is 27.3 Å². The largest absolute Gasteiger partial charge is 0.385 e. The lowest BCUT2D eigenvalue weighted by atomic mass is 9.93. The number of hydrogen-bond donors (Lipinski definition) is 1. The molecular weight excluding hydrogens is 278 g/mol. The van der Waals surface area contributed by atoms with Crippen molar-refractivity contribution in [2.45, 2.75) is 25.2 Å². The number of unbranched alkanes of at least 4 members (excludes halogenated alkanes) is 1. The van der Waals surface area contributed by atoms with Crippen molar-refractivity contribution in [3.63, 3.8) is 0 Å². The van der Waals surface area contributed by atoms with Crippen LogP contribution in [-0.2, 0) is 4.74 Å². The Labute approximate surface area is 113 Å². The van der Waals surface area contributed by atoms with E-state index in [4.69, 9.17) is 4.74 Å². The number of nitrogens with one attached hydrogen (secondary N) is 1. The van der Waals surface area contributed by atoms with E-state index in [0.29, 0.717) is 5.92 Å². The van der Waals surface area contributed by atoms with Gasteiger partial charge in [0.2, 0.25) is 0 Å². The lowest BCUT2D eigenvalue weighted by Crippen LogP contribution is -2.17. The summed E-state index contributed by atoms with van der Waals surface area (Å²) >= 11 is 3.47. The highest BCUT2D eigenvalue weighted by molar-refractivity contribution is 9.10. The van der Waals surface area contributed by atoms with Crippen molar-refractivity contribution in [3.8, 4) is 0 Å². The number of hydrogen-bond acceptors (Lipinski definition) is 2. The van der Waals surface area contributed by atoms with Crippen LogP contribution in [0.5, 0.6) is 0 Å². The van der Waals surface area contributed by atoms with Crippen LogP contribution in [0.15, 0.2) is 28.7 Å². The Balaban J connectivity index is 2.49. The molecule has 3 heteroatoms. The van der Waals surface area contributed by atoms with Crippen LogP contribution < -0.4 is 5.32 Å². The number of rotatable bonds is 8. The number of likely N-dealkylation sites (N-methyl/N-ethyl adjacent to an activating group) is 1. The van der Waals surface area contributed by atoms with E-state index in [9.17, 15) is 0 Å². The van der Waals surface area contributed by atoms with E-state index in [1.165, 1.54) is 18.4 Å². The van der Waals surface area contributed by atoms with Gasteiger partial charge >= 0.3 is 0 Å². The van der Waals surface area contributed by atoms with Gasteiger partial charge in [0.25, 0.3) is 0 Å². The first-order chi connectivity index (χ1) is 8.27. The van der Waals surface area contributed by atoms with E-state index in [-0.39, 0.29) is 0 Å². The van der Waals surface area contributed by atoms with Gasteiger partial charge in [-0.2, -0.15) is 0 Å². The molecule has 96 valence electrons. The van der Waals surface area contributed by atoms with Crippen LogP contribution in [0, 0.1) is 0 Å². The number of ether oxygens (including phenoxy) is 1. The van der Waals surface area contributed by atoms with Crippen LogP contribution in [0.25, 0.3) is 0 Å². The molecule has 0 saturated heterocycles. The average molecular weight is 300 g/mol. The van der Waals surface area contributed by atoms with E-state index in [0.717, 1.165) is 24.0 Å². The van der Waals surface area contributed by atoms with Crippen molar-refractivity contribution in [2.24, 2.45) is 0 Å². The fourth-order valence-electron chi connectivity index (χ4n) is 2.01. The molecule has 1 atom stereocenters. The minimum atomic E-state index is 0.602. The molecule has 1 rings (SSSR count). The molecule has 0 aromatic heterocycles. The molecule has 0 spiro atoms. The number of benzene rings is 1. The number of methoxy groups -OCH3 is 1. The van der Waals surface area contributed by atoms with E-state index >= 15 is 0 Å². The SMILES string of the molecule is CNCC(CCCCOC)c1ccc(Br)cc1. The lowest BCUT2D eigenvalue weighted by molar-refractivity contribution is 0.191. The molecule has 0 saturated carbocycles. The van der Waals surface area contributed by atoms with Gasteiger partial charge in [-0.3, -0.25) is 0 Å². The normalized spacial score (nSPS) is 12.6. The van der Waals surface area contributed by atoms with Gasteiger partial charge in [-0.05, 0) is 43.5 Å². The zero-order valence-electron chi connectivity index (χ0n) is 10.7. The molecule has 17 heavy (non-hydrogen) atoms. The third-order valence-electron chi connectivity index (χ3n) is 2.94. The second-order valence-corrected chi connectivity index (χ2v) is 5.21. The zero-order valence-corrected chi connectivity index (χ0v) is 12.3. The summed E-state index contributed by atoms with van der Waals surface area (Å²) in [6.07, 6.45) is 3.58. The molecule has 0 bridgehead atoms. The van der Waals surface area contributed by atoms with E-state index in [1.54, 1.807) is 7.11 Å². The standard InChI is InChI=1S/C14H22BrNO/c1-16-11-13(5-3-4-10-17-2)12-6-8-14(15)9-7-12/h6-9,13,16H,3-5,10-11H2,1-2H3. The second kappa shape index (κ2) is 8.67. The summed E-state index contributed by atoms with van der Waals surface area (Å²) in [5.74, 6) is 0.602. The zero-order chi connectivity index (χ0) is 12.5. The Morgan fingerprint density at radius 1 is 1.24 bits per heavy atom. The Bertz CT molecular complexity index is 300. The van der Waals surface area contributed by atoms with Gasteiger partial charge in [-0.15, -0.1) is 0 Å². The summed E-state index contributed by atoms with van der Waals surface area (Å²) in [7, 11) is 3.78. The van der Waals surface area contributed by atoms with Crippen molar-refractivity contribution in [2.75, 3.05) is 27.3 Å². The smallest absolute Gasteiger partial charge is 0.0462 e. The predicted octanol–water partition coefficient (Wildman–Crippen LogP) is 3.57. The maximum absolute atomic E-state index is 5.08. The van der Waals surface area contributed by atoms with Gasteiger partial charge in [0.1, 0.15) is 0 Å². The van der Waals surface area contributed by atoms with Crippen LogP contribution in [0.1, 0.15) is 30.7 Å². The fraction of sp³-hybridized carbons (Fsp3) is 0.571. The molecule has 1 N–H and O–H groups in total. The van der Waals surface area contributed by atoms with Gasteiger partial charge in [0.15, 0.2) is 0 Å². The number of halogens is 1. The molecule has 0 aliphatic carbocycles. The highest BCUT2D eigenvalue weighted by Crippen LogP contribution is 2.23. The van der Waals surface area contributed by atoms with Gasteiger partial charge in [-0.25, -0.2) is 0 Å². The summed E-state index contributed by atoms with van der Waals surface area (Å²) in [6.45, 7) is 1.90. The summed E-state index contributed by atoms with van der Waals surface area (Å²) in [5.41, 5.74) is 1.42. The monoisotopic (exact) mass is 299 g/mol. The first-order valence-corrected chi connectivity index (χ1v) is 6.96. The van der Waals surface area contributed by atoms with E-state index in [1.807, 2.05) is 7.05 Å².